The molecule has 1 heteroatoms. The SMILES string of the molecule is Cc1cc2c(c3ccccc13)-c1cc3c(cc1C2(C)C)-c1ccccc1C3(C)C.Cc1ccc(Cc2ccccc2)cc1.Cc1ccc(N(c2ccccc2)c2ccccc2)cc1.Cc1ccccc1. The molecule has 0 radical (unpaired) electrons. The van der Waals surface area contributed by atoms with Gasteiger partial charge in [0.25, 0.3) is 0 Å². The second-order valence-electron chi connectivity index (χ2n) is 20.0. The maximum atomic E-state index is 2.51. The van der Waals surface area contributed by atoms with Crippen LogP contribution in [0.1, 0.15) is 83.3 Å². The third-order valence-electron chi connectivity index (χ3n) is 14.2. The van der Waals surface area contributed by atoms with E-state index in [-0.39, 0.29) is 10.8 Å². The average molecular weight is 908 g/mol. The Morgan fingerprint density at radius 3 is 1.30 bits per heavy atom. The minimum absolute atomic E-state index is 0.0101. The van der Waals surface area contributed by atoms with E-state index < -0.39 is 0 Å². The zero-order valence-electron chi connectivity index (χ0n) is 42.2. The van der Waals surface area contributed by atoms with E-state index in [4.69, 9.17) is 0 Å². The number of benzene rings is 10. The minimum atomic E-state index is 0.0101. The molecule has 0 saturated heterocycles. The van der Waals surface area contributed by atoms with E-state index in [9.17, 15) is 0 Å². The molecule has 0 aromatic heterocycles. The van der Waals surface area contributed by atoms with E-state index >= 15 is 0 Å². The Balaban J connectivity index is 0.000000129. The van der Waals surface area contributed by atoms with Crippen LogP contribution in [0, 0.1) is 27.7 Å². The maximum Gasteiger partial charge on any atom is 0.0461 e. The highest BCUT2D eigenvalue weighted by Gasteiger charge is 2.42. The normalized spacial score (nSPS) is 12.9. The number of para-hydroxylation sites is 2. The fraction of sp³-hybridized carbons (Fsp3) is 0.159. The lowest BCUT2D eigenvalue weighted by Crippen LogP contribution is -2.17. The van der Waals surface area contributed by atoms with Crippen molar-refractivity contribution in [2.75, 3.05) is 4.90 Å². The molecule has 0 atom stereocenters. The lowest BCUT2D eigenvalue weighted by Gasteiger charge is -2.25. The molecule has 70 heavy (non-hydrogen) atoms. The lowest BCUT2D eigenvalue weighted by molar-refractivity contribution is 0.652. The van der Waals surface area contributed by atoms with E-state index in [0.717, 1.165) is 6.42 Å². The largest absolute Gasteiger partial charge is 0.311 e. The number of nitrogens with zero attached hydrogens (tertiary/aromatic N) is 1. The van der Waals surface area contributed by atoms with Gasteiger partial charge in [0, 0.05) is 27.9 Å². The summed E-state index contributed by atoms with van der Waals surface area (Å²) in [5.41, 5.74) is 23.2. The van der Waals surface area contributed by atoms with Crippen molar-refractivity contribution < 1.29 is 0 Å². The Morgan fingerprint density at radius 2 is 0.729 bits per heavy atom. The molecule has 2 aliphatic rings. The zero-order chi connectivity index (χ0) is 48.8. The third kappa shape index (κ3) is 9.89. The average Bonchev–Trinajstić information content (AvgIpc) is 3.75. The van der Waals surface area contributed by atoms with Gasteiger partial charge in [0.1, 0.15) is 0 Å². The Kier molecular flexibility index (Phi) is 13.8. The van der Waals surface area contributed by atoms with Crippen LogP contribution in [0.25, 0.3) is 33.0 Å². The Morgan fingerprint density at radius 1 is 0.314 bits per heavy atom. The lowest BCUT2D eigenvalue weighted by atomic mass is 9.79. The monoisotopic (exact) mass is 908 g/mol. The molecular weight excluding hydrogens is 843 g/mol. The van der Waals surface area contributed by atoms with Crippen LogP contribution in [0.15, 0.2) is 237 Å². The van der Waals surface area contributed by atoms with Gasteiger partial charge in [-0.3, -0.25) is 0 Å². The van der Waals surface area contributed by atoms with E-state index in [2.05, 4.69) is 267 Å². The molecule has 1 nitrogen and oxygen atoms in total. The van der Waals surface area contributed by atoms with Gasteiger partial charge in [-0.25, -0.2) is 0 Å². The Labute approximate surface area is 417 Å². The molecule has 0 fully saturated rings. The summed E-state index contributed by atoms with van der Waals surface area (Å²) in [5.74, 6) is 0. The van der Waals surface area contributed by atoms with Gasteiger partial charge in [-0.2, -0.15) is 0 Å². The van der Waals surface area contributed by atoms with Gasteiger partial charge in [0.15, 0.2) is 0 Å². The van der Waals surface area contributed by atoms with Crippen LogP contribution in [0.3, 0.4) is 0 Å². The van der Waals surface area contributed by atoms with Gasteiger partial charge >= 0.3 is 0 Å². The second kappa shape index (κ2) is 20.5. The van der Waals surface area contributed by atoms with E-state index in [1.54, 1.807) is 0 Å². The van der Waals surface area contributed by atoms with E-state index in [1.807, 2.05) is 30.3 Å². The fourth-order valence-corrected chi connectivity index (χ4v) is 10.3. The molecule has 0 amide bonds. The standard InChI is InChI=1S/C29H26.C19H17N.C14H14.C7H8/c1-17-14-26-27(20-12-7-6-10-18(17)20)22-16-24-21(15-25(22)29(26,4)5)19-11-8-9-13-23(19)28(24,2)3;1-16-12-14-19(15-13-16)20(17-8-4-2-5-9-17)18-10-6-3-7-11-18;1-12-7-9-14(10-8-12)11-13-5-3-2-4-6-13;1-7-5-3-2-4-6-7/h6-16H,1-5H3;2-15H,1H3;2-10H,11H2,1H3;2-6H,1H3. The van der Waals surface area contributed by atoms with Gasteiger partial charge in [0.2, 0.25) is 0 Å². The van der Waals surface area contributed by atoms with Crippen molar-refractivity contribution in [1.82, 2.24) is 0 Å². The van der Waals surface area contributed by atoms with E-state index in [0.29, 0.717) is 0 Å². The summed E-state index contributed by atoms with van der Waals surface area (Å²) >= 11 is 0. The van der Waals surface area contributed by atoms with Crippen molar-refractivity contribution in [3.8, 4) is 22.3 Å². The highest BCUT2D eigenvalue weighted by molar-refractivity contribution is 6.05. The van der Waals surface area contributed by atoms with Gasteiger partial charge in [-0.15, -0.1) is 0 Å². The summed E-state index contributed by atoms with van der Waals surface area (Å²) in [4.78, 5) is 2.26. The van der Waals surface area contributed by atoms with Crippen molar-refractivity contribution in [1.29, 1.82) is 0 Å². The molecule has 0 saturated carbocycles. The smallest absolute Gasteiger partial charge is 0.0461 e. The number of fused-ring (bicyclic) bond motifs is 8. The molecule has 0 N–H and O–H groups in total. The molecule has 10 aromatic carbocycles. The van der Waals surface area contributed by atoms with Gasteiger partial charge < -0.3 is 4.90 Å². The zero-order valence-corrected chi connectivity index (χ0v) is 42.2. The predicted molar refractivity (Wildman–Crippen MR) is 301 cm³/mol. The predicted octanol–water partition coefficient (Wildman–Crippen LogP) is 18.8. The van der Waals surface area contributed by atoms with Gasteiger partial charge in [-0.1, -0.05) is 232 Å². The summed E-state index contributed by atoms with van der Waals surface area (Å²) < 4.78 is 0. The van der Waals surface area contributed by atoms with Crippen molar-refractivity contribution in [3.63, 3.8) is 0 Å². The van der Waals surface area contributed by atoms with Crippen molar-refractivity contribution in [2.45, 2.75) is 72.6 Å². The first-order valence-corrected chi connectivity index (χ1v) is 24.8. The fourth-order valence-electron chi connectivity index (χ4n) is 10.3. The maximum absolute atomic E-state index is 2.51. The highest BCUT2D eigenvalue weighted by atomic mass is 15.1. The first kappa shape index (κ1) is 47.3. The van der Waals surface area contributed by atoms with Gasteiger partial charge in [-0.05, 0) is 155 Å². The minimum Gasteiger partial charge on any atom is -0.311 e. The van der Waals surface area contributed by atoms with E-state index in [1.165, 1.54) is 106 Å². The van der Waals surface area contributed by atoms with Crippen molar-refractivity contribution >= 4 is 27.8 Å². The van der Waals surface area contributed by atoms with Crippen molar-refractivity contribution in [3.05, 3.63) is 292 Å². The molecule has 0 aliphatic heterocycles. The number of aryl methyl sites for hydroxylation is 4. The Bertz CT molecular complexity index is 3290. The van der Waals surface area contributed by atoms with Crippen LogP contribution in [-0.4, -0.2) is 0 Å². The van der Waals surface area contributed by atoms with Crippen LogP contribution in [0.4, 0.5) is 17.1 Å². The van der Waals surface area contributed by atoms with Crippen LogP contribution >= 0.6 is 0 Å². The molecule has 0 spiro atoms. The number of rotatable bonds is 5. The molecule has 0 heterocycles. The number of hydrogen-bond donors (Lipinski definition) is 0. The molecule has 0 bridgehead atoms. The van der Waals surface area contributed by atoms with Crippen LogP contribution < -0.4 is 4.90 Å². The Hall–Kier alpha value is -7.74. The summed E-state index contributed by atoms with van der Waals surface area (Å²) in [6.45, 7) is 18.1. The molecule has 346 valence electrons. The first-order chi connectivity index (χ1) is 33.9. The topological polar surface area (TPSA) is 3.24 Å². The van der Waals surface area contributed by atoms with Crippen LogP contribution in [0.2, 0.25) is 0 Å². The molecule has 12 rings (SSSR count). The highest BCUT2D eigenvalue weighted by Crippen LogP contribution is 2.57. The third-order valence-corrected chi connectivity index (χ3v) is 14.2. The summed E-state index contributed by atoms with van der Waals surface area (Å²) in [6, 6.07) is 84.4. The van der Waals surface area contributed by atoms with Crippen LogP contribution in [0.5, 0.6) is 0 Å². The molecule has 2 aliphatic carbocycles. The molecular formula is C69H65N. The first-order valence-electron chi connectivity index (χ1n) is 24.8. The van der Waals surface area contributed by atoms with Crippen molar-refractivity contribution in [2.24, 2.45) is 0 Å². The summed E-state index contributed by atoms with van der Waals surface area (Å²) in [7, 11) is 0. The summed E-state index contributed by atoms with van der Waals surface area (Å²) in [5, 5.41) is 2.76. The quantitative estimate of drug-likeness (QED) is 0.166. The second-order valence-corrected chi connectivity index (χ2v) is 20.0. The van der Waals surface area contributed by atoms with Crippen LogP contribution in [-0.2, 0) is 17.3 Å². The number of anilines is 3. The summed E-state index contributed by atoms with van der Waals surface area (Å²) in [6.07, 6.45) is 1.03. The number of hydrogen-bond acceptors (Lipinski definition) is 1. The molecule has 10 aromatic rings. The molecule has 0 unspecified atom stereocenters. The van der Waals surface area contributed by atoms with Gasteiger partial charge in [0.05, 0.1) is 0 Å².